The van der Waals surface area contributed by atoms with Crippen molar-refractivity contribution in [2.75, 3.05) is 11.9 Å². The van der Waals surface area contributed by atoms with Crippen LogP contribution >= 0.6 is 15.9 Å². The van der Waals surface area contributed by atoms with Crippen LogP contribution in [0.5, 0.6) is 0 Å². The van der Waals surface area contributed by atoms with E-state index in [2.05, 4.69) is 51.1 Å². The first-order valence-electron chi connectivity index (χ1n) is 5.44. The van der Waals surface area contributed by atoms with E-state index in [1.807, 2.05) is 12.1 Å². The maximum atomic E-state index is 4.39. The highest BCUT2D eigenvalue weighted by molar-refractivity contribution is 9.10. The number of halogens is 1. The minimum Gasteiger partial charge on any atom is -0.380 e. The number of hydrogen-bond acceptors (Lipinski definition) is 3. The van der Waals surface area contributed by atoms with E-state index >= 15 is 0 Å². The van der Waals surface area contributed by atoms with Crippen molar-refractivity contribution >= 4 is 32.7 Å². The normalized spacial score (nSPS) is 10.3. The molecular weight excluding hydrogens is 278 g/mol. The van der Waals surface area contributed by atoms with Crippen molar-refractivity contribution in [3.63, 3.8) is 0 Å². The molecule has 0 saturated heterocycles. The minimum atomic E-state index is 0.805. The topological polar surface area (TPSA) is 37.8 Å². The average Bonchev–Trinajstić information content (AvgIpc) is 2.28. The lowest BCUT2D eigenvalue weighted by atomic mass is 10.2. The summed E-state index contributed by atoms with van der Waals surface area (Å²) in [5, 5.41) is 3.34. The summed E-state index contributed by atoms with van der Waals surface area (Å²) in [6.45, 7) is 4.97. The number of rotatable bonds is 3. The third kappa shape index (κ3) is 3.03. The quantitative estimate of drug-likeness (QED) is 0.875. The van der Waals surface area contributed by atoms with Gasteiger partial charge in [-0.1, -0.05) is 11.6 Å². The van der Waals surface area contributed by atoms with Gasteiger partial charge in [0.2, 0.25) is 0 Å². The van der Waals surface area contributed by atoms with Crippen LogP contribution in [0.2, 0.25) is 0 Å². The molecule has 0 amide bonds. The third-order valence-electron chi connectivity index (χ3n) is 2.35. The molecule has 17 heavy (non-hydrogen) atoms. The Bertz CT molecular complexity index is 560. The molecule has 0 atom stereocenters. The van der Waals surface area contributed by atoms with Crippen molar-refractivity contribution in [2.45, 2.75) is 13.8 Å². The second kappa shape index (κ2) is 5.27. The molecule has 88 valence electrons. The van der Waals surface area contributed by atoms with Gasteiger partial charge in [-0.05, 0) is 41.9 Å². The Balaban J connectivity index is 2.31. The van der Waals surface area contributed by atoms with Gasteiger partial charge in [0, 0.05) is 23.4 Å². The standard InChI is InChI=1S/C13H14BrN3/c1-9(2)3-5-15-11-4-6-16-12-7-10(14)8-17-13(11)12/h3-4,6-8H,5H2,1-2H3,(H,15,16). The number of aromatic nitrogens is 2. The molecule has 2 rings (SSSR count). The summed E-state index contributed by atoms with van der Waals surface area (Å²) in [7, 11) is 0. The lowest BCUT2D eigenvalue weighted by molar-refractivity contribution is 1.25. The highest BCUT2D eigenvalue weighted by Crippen LogP contribution is 2.21. The van der Waals surface area contributed by atoms with Gasteiger partial charge >= 0.3 is 0 Å². The van der Waals surface area contributed by atoms with Crippen molar-refractivity contribution in [1.29, 1.82) is 0 Å². The number of nitrogens with one attached hydrogen (secondary N) is 1. The molecule has 4 heteroatoms. The van der Waals surface area contributed by atoms with Crippen LogP contribution in [0, 0.1) is 0 Å². The zero-order valence-electron chi connectivity index (χ0n) is 9.87. The molecule has 0 fully saturated rings. The van der Waals surface area contributed by atoms with Gasteiger partial charge in [0.1, 0.15) is 5.52 Å². The fraction of sp³-hybridized carbons (Fsp3) is 0.231. The first kappa shape index (κ1) is 12.0. The Labute approximate surface area is 109 Å². The fourth-order valence-electron chi connectivity index (χ4n) is 1.51. The smallest absolute Gasteiger partial charge is 0.112 e. The molecule has 0 bridgehead atoms. The van der Waals surface area contributed by atoms with Crippen LogP contribution in [-0.2, 0) is 0 Å². The number of nitrogens with zero attached hydrogens (tertiary/aromatic N) is 2. The summed E-state index contributed by atoms with van der Waals surface area (Å²) in [4.78, 5) is 8.68. The highest BCUT2D eigenvalue weighted by atomic mass is 79.9. The van der Waals surface area contributed by atoms with Gasteiger partial charge in [0.15, 0.2) is 0 Å². The Kier molecular flexibility index (Phi) is 3.74. The molecule has 0 radical (unpaired) electrons. The molecule has 1 N–H and O–H groups in total. The van der Waals surface area contributed by atoms with Crippen molar-refractivity contribution < 1.29 is 0 Å². The number of allylic oxidation sites excluding steroid dienone is 1. The van der Waals surface area contributed by atoms with E-state index < -0.39 is 0 Å². The second-order valence-electron chi connectivity index (χ2n) is 4.04. The van der Waals surface area contributed by atoms with Gasteiger partial charge in [-0.25, -0.2) is 0 Å². The van der Waals surface area contributed by atoms with Crippen molar-refractivity contribution in [3.05, 3.63) is 40.6 Å². The third-order valence-corrected chi connectivity index (χ3v) is 2.78. The molecule has 0 aliphatic heterocycles. The van der Waals surface area contributed by atoms with E-state index in [0.717, 1.165) is 27.7 Å². The van der Waals surface area contributed by atoms with Gasteiger partial charge in [0.25, 0.3) is 0 Å². The van der Waals surface area contributed by atoms with Crippen molar-refractivity contribution in [3.8, 4) is 0 Å². The lowest BCUT2D eigenvalue weighted by Gasteiger charge is -2.06. The van der Waals surface area contributed by atoms with Crippen LogP contribution < -0.4 is 5.32 Å². The van der Waals surface area contributed by atoms with Gasteiger partial charge in [-0.3, -0.25) is 9.97 Å². The van der Waals surface area contributed by atoms with E-state index in [4.69, 9.17) is 0 Å². The van der Waals surface area contributed by atoms with Crippen LogP contribution in [0.25, 0.3) is 11.0 Å². The van der Waals surface area contributed by atoms with E-state index in [0.29, 0.717) is 0 Å². The predicted molar refractivity (Wildman–Crippen MR) is 75.2 cm³/mol. The number of hydrogen-bond donors (Lipinski definition) is 1. The SMILES string of the molecule is CC(C)=CCNc1ccnc2cc(Br)cnc12. The number of anilines is 1. The minimum absolute atomic E-state index is 0.805. The molecule has 2 heterocycles. The number of pyridine rings is 2. The number of fused-ring (bicyclic) bond motifs is 1. The van der Waals surface area contributed by atoms with E-state index in [9.17, 15) is 0 Å². The molecule has 0 saturated carbocycles. The monoisotopic (exact) mass is 291 g/mol. The fourth-order valence-corrected chi connectivity index (χ4v) is 1.83. The van der Waals surface area contributed by atoms with E-state index in [-0.39, 0.29) is 0 Å². The highest BCUT2D eigenvalue weighted by Gasteiger charge is 2.02. The Morgan fingerprint density at radius 3 is 3.00 bits per heavy atom. The average molecular weight is 292 g/mol. The molecular formula is C13H14BrN3. The lowest BCUT2D eigenvalue weighted by Crippen LogP contribution is -2.00. The largest absolute Gasteiger partial charge is 0.380 e. The molecule has 0 unspecified atom stereocenters. The molecule has 0 aliphatic carbocycles. The summed E-state index contributed by atoms with van der Waals surface area (Å²) >= 11 is 3.40. The van der Waals surface area contributed by atoms with Crippen LogP contribution in [0.1, 0.15) is 13.8 Å². The van der Waals surface area contributed by atoms with Crippen molar-refractivity contribution in [1.82, 2.24) is 9.97 Å². The van der Waals surface area contributed by atoms with Crippen LogP contribution in [0.3, 0.4) is 0 Å². The molecule has 0 spiro atoms. The Morgan fingerprint density at radius 2 is 2.24 bits per heavy atom. The van der Waals surface area contributed by atoms with Crippen LogP contribution in [0.4, 0.5) is 5.69 Å². The first-order valence-corrected chi connectivity index (χ1v) is 6.23. The summed E-state index contributed by atoms with van der Waals surface area (Å²) in [6, 6.07) is 3.91. The molecule has 0 aliphatic rings. The summed E-state index contributed by atoms with van der Waals surface area (Å²) in [6.07, 6.45) is 5.72. The first-order chi connectivity index (χ1) is 8.16. The van der Waals surface area contributed by atoms with Gasteiger partial charge in [-0.2, -0.15) is 0 Å². The van der Waals surface area contributed by atoms with Gasteiger partial charge < -0.3 is 5.32 Å². The summed E-state index contributed by atoms with van der Waals surface area (Å²) in [5.41, 5.74) is 4.10. The Hall–Kier alpha value is -1.42. The maximum Gasteiger partial charge on any atom is 0.112 e. The Morgan fingerprint density at radius 1 is 1.41 bits per heavy atom. The van der Waals surface area contributed by atoms with Gasteiger partial charge in [-0.15, -0.1) is 0 Å². The van der Waals surface area contributed by atoms with Gasteiger partial charge in [0.05, 0.1) is 11.2 Å². The predicted octanol–water partition coefficient (Wildman–Crippen LogP) is 3.77. The maximum absolute atomic E-state index is 4.39. The van der Waals surface area contributed by atoms with E-state index in [1.54, 1.807) is 12.4 Å². The van der Waals surface area contributed by atoms with Crippen LogP contribution in [0.15, 0.2) is 40.6 Å². The molecule has 0 aromatic carbocycles. The summed E-state index contributed by atoms with van der Waals surface area (Å²) in [5.74, 6) is 0. The zero-order chi connectivity index (χ0) is 12.3. The second-order valence-corrected chi connectivity index (χ2v) is 4.96. The molecule has 2 aromatic heterocycles. The van der Waals surface area contributed by atoms with Crippen molar-refractivity contribution in [2.24, 2.45) is 0 Å². The van der Waals surface area contributed by atoms with E-state index in [1.165, 1.54) is 5.57 Å². The molecule has 3 nitrogen and oxygen atoms in total. The molecule has 2 aromatic rings. The van der Waals surface area contributed by atoms with Crippen LogP contribution in [-0.4, -0.2) is 16.5 Å². The summed E-state index contributed by atoms with van der Waals surface area (Å²) < 4.78 is 0.943. The zero-order valence-corrected chi connectivity index (χ0v) is 11.5.